The van der Waals surface area contributed by atoms with E-state index in [9.17, 15) is 14.9 Å². The number of hydrogen-bond donors (Lipinski definition) is 1. The number of aryl methyl sites for hydroxylation is 2. The van der Waals surface area contributed by atoms with Gasteiger partial charge in [0.15, 0.2) is 6.10 Å². The van der Waals surface area contributed by atoms with Gasteiger partial charge in [-0.25, -0.2) is 0 Å². The maximum Gasteiger partial charge on any atom is 0.273 e. The molecule has 1 unspecified atom stereocenters. The maximum absolute atomic E-state index is 12.5. The molecule has 0 fully saturated rings. The van der Waals surface area contributed by atoms with E-state index in [0.717, 1.165) is 15.6 Å². The largest absolute Gasteiger partial charge is 0.494 e. The number of methoxy groups -OCH3 is 1. The summed E-state index contributed by atoms with van der Waals surface area (Å²) in [5, 5.41) is 13.5. The summed E-state index contributed by atoms with van der Waals surface area (Å²) in [6.45, 7) is 5.43. The van der Waals surface area contributed by atoms with E-state index in [2.05, 4.69) is 21.2 Å². The number of nitro groups is 1. The highest BCUT2D eigenvalue weighted by Crippen LogP contribution is 2.30. The van der Waals surface area contributed by atoms with Crippen molar-refractivity contribution in [2.75, 3.05) is 12.4 Å². The topological polar surface area (TPSA) is 90.7 Å². The van der Waals surface area contributed by atoms with Crippen LogP contribution < -0.4 is 14.8 Å². The molecule has 0 aliphatic carbocycles. The van der Waals surface area contributed by atoms with Crippen LogP contribution in [0.5, 0.6) is 11.5 Å². The predicted molar refractivity (Wildman–Crippen MR) is 102 cm³/mol. The van der Waals surface area contributed by atoms with Crippen LogP contribution in [0.1, 0.15) is 18.1 Å². The molecule has 2 rings (SSSR count). The molecular weight excluding hydrogens is 404 g/mol. The zero-order valence-electron chi connectivity index (χ0n) is 14.8. The molecule has 2 aromatic carbocycles. The van der Waals surface area contributed by atoms with Gasteiger partial charge in [-0.1, -0.05) is 15.9 Å². The number of benzene rings is 2. The minimum absolute atomic E-state index is 0.120. The monoisotopic (exact) mass is 422 g/mol. The summed E-state index contributed by atoms with van der Waals surface area (Å²) in [7, 11) is 1.38. The zero-order chi connectivity index (χ0) is 19.4. The molecule has 0 aromatic heterocycles. The molecule has 2 aromatic rings. The molecule has 26 heavy (non-hydrogen) atoms. The fraction of sp³-hybridized carbons (Fsp3) is 0.278. The fourth-order valence-corrected chi connectivity index (χ4v) is 3.13. The number of anilines is 1. The number of ether oxygens (including phenoxy) is 2. The Balaban J connectivity index is 2.16. The van der Waals surface area contributed by atoms with Crippen LogP contribution >= 0.6 is 15.9 Å². The third-order valence-corrected chi connectivity index (χ3v) is 4.20. The number of non-ortho nitro benzene ring substituents is 1. The van der Waals surface area contributed by atoms with Gasteiger partial charge in [0.1, 0.15) is 11.5 Å². The van der Waals surface area contributed by atoms with Crippen molar-refractivity contribution in [2.24, 2.45) is 0 Å². The van der Waals surface area contributed by atoms with E-state index >= 15 is 0 Å². The zero-order valence-corrected chi connectivity index (χ0v) is 16.4. The Morgan fingerprint density at radius 1 is 1.23 bits per heavy atom. The standard InChI is InChI=1S/C18H19BrN2O5/c1-10-7-13(19)8-11(2)17(10)26-12(3)18(22)20-15-6-5-14(21(23)24)9-16(15)25-4/h5-9,12H,1-4H3,(H,20,22). The van der Waals surface area contributed by atoms with Crippen LogP contribution in [0.15, 0.2) is 34.8 Å². The van der Waals surface area contributed by atoms with Gasteiger partial charge in [0, 0.05) is 10.5 Å². The number of carbonyl (C=O) groups is 1. The van der Waals surface area contributed by atoms with E-state index in [4.69, 9.17) is 9.47 Å². The molecule has 1 amide bonds. The lowest BCUT2D eigenvalue weighted by atomic mass is 10.1. The predicted octanol–water partition coefficient (Wildman–Crippen LogP) is 4.39. The first-order valence-electron chi connectivity index (χ1n) is 7.79. The normalized spacial score (nSPS) is 11.6. The summed E-state index contributed by atoms with van der Waals surface area (Å²) in [6, 6.07) is 7.80. The van der Waals surface area contributed by atoms with Gasteiger partial charge >= 0.3 is 0 Å². The summed E-state index contributed by atoms with van der Waals surface area (Å²) in [5.74, 6) is 0.459. The lowest BCUT2D eigenvalue weighted by Gasteiger charge is -2.19. The van der Waals surface area contributed by atoms with Gasteiger partial charge in [0.25, 0.3) is 11.6 Å². The molecule has 0 aliphatic rings. The molecule has 0 bridgehead atoms. The minimum atomic E-state index is -0.770. The van der Waals surface area contributed by atoms with Gasteiger partial charge in [-0.3, -0.25) is 14.9 Å². The Kier molecular flexibility index (Phi) is 6.20. The number of amides is 1. The van der Waals surface area contributed by atoms with E-state index in [1.165, 1.54) is 25.3 Å². The third-order valence-electron chi connectivity index (χ3n) is 3.74. The Morgan fingerprint density at radius 3 is 2.38 bits per heavy atom. The van der Waals surface area contributed by atoms with Crippen LogP contribution in [-0.4, -0.2) is 24.0 Å². The van der Waals surface area contributed by atoms with Crippen LogP contribution in [0.4, 0.5) is 11.4 Å². The lowest BCUT2D eigenvalue weighted by molar-refractivity contribution is -0.384. The molecule has 0 heterocycles. The van der Waals surface area contributed by atoms with Gasteiger partial charge in [-0.2, -0.15) is 0 Å². The van der Waals surface area contributed by atoms with E-state index in [0.29, 0.717) is 11.4 Å². The number of hydrogen-bond acceptors (Lipinski definition) is 5. The van der Waals surface area contributed by atoms with Crippen molar-refractivity contribution in [3.63, 3.8) is 0 Å². The molecular formula is C18H19BrN2O5. The van der Waals surface area contributed by atoms with Crippen molar-refractivity contribution in [1.29, 1.82) is 0 Å². The maximum atomic E-state index is 12.5. The third kappa shape index (κ3) is 4.51. The lowest BCUT2D eigenvalue weighted by Crippen LogP contribution is -2.30. The van der Waals surface area contributed by atoms with E-state index in [1.54, 1.807) is 6.92 Å². The number of rotatable bonds is 6. The van der Waals surface area contributed by atoms with E-state index < -0.39 is 11.0 Å². The Morgan fingerprint density at radius 2 is 1.85 bits per heavy atom. The SMILES string of the molecule is COc1cc([N+](=O)[O-])ccc1NC(=O)C(C)Oc1c(C)cc(Br)cc1C. The number of nitro benzene ring substituents is 1. The van der Waals surface area contributed by atoms with Gasteiger partial charge in [0.2, 0.25) is 0 Å². The molecule has 1 atom stereocenters. The Bertz CT molecular complexity index is 830. The van der Waals surface area contributed by atoms with Gasteiger partial charge in [-0.05, 0) is 50.1 Å². The first-order chi connectivity index (χ1) is 12.2. The summed E-state index contributed by atoms with van der Waals surface area (Å²) in [5.41, 5.74) is 2.03. The average Bonchev–Trinajstić information content (AvgIpc) is 2.57. The quantitative estimate of drug-likeness (QED) is 0.550. The summed E-state index contributed by atoms with van der Waals surface area (Å²) >= 11 is 3.42. The molecule has 0 saturated heterocycles. The smallest absolute Gasteiger partial charge is 0.273 e. The van der Waals surface area contributed by atoms with Crippen LogP contribution in [0.25, 0.3) is 0 Å². The highest BCUT2D eigenvalue weighted by atomic mass is 79.9. The van der Waals surface area contributed by atoms with Crippen LogP contribution in [0, 0.1) is 24.0 Å². The molecule has 138 valence electrons. The van der Waals surface area contributed by atoms with E-state index in [1.807, 2.05) is 26.0 Å². The molecule has 0 radical (unpaired) electrons. The second-order valence-electron chi connectivity index (χ2n) is 5.76. The van der Waals surface area contributed by atoms with Crippen molar-refractivity contribution >= 4 is 33.2 Å². The van der Waals surface area contributed by atoms with Crippen LogP contribution in [-0.2, 0) is 4.79 Å². The summed E-state index contributed by atoms with van der Waals surface area (Å²) in [4.78, 5) is 22.8. The molecule has 0 aliphatic heterocycles. The van der Waals surface area contributed by atoms with Crippen LogP contribution in [0.3, 0.4) is 0 Å². The number of carbonyl (C=O) groups excluding carboxylic acids is 1. The highest BCUT2D eigenvalue weighted by molar-refractivity contribution is 9.10. The highest BCUT2D eigenvalue weighted by Gasteiger charge is 2.20. The second kappa shape index (κ2) is 8.18. The van der Waals surface area contributed by atoms with Crippen molar-refractivity contribution < 1.29 is 19.2 Å². The average molecular weight is 423 g/mol. The van der Waals surface area contributed by atoms with Gasteiger partial charge < -0.3 is 14.8 Å². The number of halogens is 1. The first-order valence-corrected chi connectivity index (χ1v) is 8.59. The molecule has 7 nitrogen and oxygen atoms in total. The Hall–Kier alpha value is -2.61. The van der Waals surface area contributed by atoms with Crippen LogP contribution in [0.2, 0.25) is 0 Å². The number of nitrogens with one attached hydrogen (secondary N) is 1. The minimum Gasteiger partial charge on any atom is -0.494 e. The molecule has 1 N–H and O–H groups in total. The van der Waals surface area contributed by atoms with Crippen molar-refractivity contribution in [2.45, 2.75) is 26.9 Å². The van der Waals surface area contributed by atoms with E-state index in [-0.39, 0.29) is 17.3 Å². The second-order valence-corrected chi connectivity index (χ2v) is 6.68. The van der Waals surface area contributed by atoms with Crippen molar-refractivity contribution in [3.05, 3.63) is 56.0 Å². The van der Waals surface area contributed by atoms with Gasteiger partial charge in [0.05, 0.1) is 23.8 Å². The van der Waals surface area contributed by atoms with Crippen molar-refractivity contribution in [3.8, 4) is 11.5 Å². The molecule has 0 spiro atoms. The summed E-state index contributed by atoms with van der Waals surface area (Å²) in [6.07, 6.45) is -0.770. The Labute approximate surface area is 159 Å². The number of nitrogens with zero attached hydrogens (tertiary/aromatic N) is 1. The van der Waals surface area contributed by atoms with Crippen molar-refractivity contribution in [1.82, 2.24) is 0 Å². The first kappa shape index (κ1) is 19.7. The fourth-order valence-electron chi connectivity index (χ4n) is 2.44. The summed E-state index contributed by atoms with van der Waals surface area (Å²) < 4.78 is 11.9. The molecule has 8 heteroatoms. The molecule has 0 saturated carbocycles. The van der Waals surface area contributed by atoms with Gasteiger partial charge in [-0.15, -0.1) is 0 Å².